The molecule has 6 heteroatoms. The highest BCUT2D eigenvalue weighted by Crippen LogP contribution is 2.32. The van der Waals surface area contributed by atoms with Gasteiger partial charge in [-0.25, -0.2) is 4.39 Å². The molecule has 0 radical (unpaired) electrons. The molecule has 5 rings (SSSR count). The van der Waals surface area contributed by atoms with Crippen molar-refractivity contribution in [3.05, 3.63) is 114 Å². The summed E-state index contributed by atoms with van der Waals surface area (Å²) in [6.45, 7) is 4.22. The summed E-state index contributed by atoms with van der Waals surface area (Å²) < 4.78 is 14.0. The molecule has 0 bridgehead atoms. The lowest BCUT2D eigenvalue weighted by atomic mass is 9.94. The van der Waals surface area contributed by atoms with E-state index in [9.17, 15) is 14.0 Å². The maximum absolute atomic E-state index is 14.3. The van der Waals surface area contributed by atoms with Gasteiger partial charge in [-0.05, 0) is 71.8 Å². The lowest BCUT2D eigenvalue weighted by Crippen LogP contribution is -2.47. The van der Waals surface area contributed by atoms with E-state index in [-0.39, 0.29) is 17.9 Å². The molecule has 1 unspecified atom stereocenters. The van der Waals surface area contributed by atoms with Crippen molar-refractivity contribution in [2.45, 2.75) is 64.0 Å². The number of anilines is 1. The molecule has 1 atom stereocenters. The van der Waals surface area contributed by atoms with Crippen molar-refractivity contribution in [3.63, 3.8) is 0 Å². The number of nitrogens with zero attached hydrogens (tertiary/aromatic N) is 1. The van der Waals surface area contributed by atoms with Crippen molar-refractivity contribution >= 4 is 17.5 Å². The van der Waals surface area contributed by atoms with Crippen molar-refractivity contribution in [2.24, 2.45) is 0 Å². The van der Waals surface area contributed by atoms with Gasteiger partial charge in [-0.3, -0.25) is 14.5 Å². The number of nitrogens with one attached hydrogen (secondary N) is 2. The summed E-state index contributed by atoms with van der Waals surface area (Å²) in [6.07, 6.45) is 5.12. The molecule has 1 fully saturated rings. The molecule has 206 valence electrons. The number of hydrogen-bond acceptors (Lipinski definition) is 2. The fourth-order valence-electron chi connectivity index (χ4n) is 5.43. The first-order valence-electron chi connectivity index (χ1n) is 14.1. The van der Waals surface area contributed by atoms with Crippen LogP contribution in [-0.4, -0.2) is 22.8 Å². The van der Waals surface area contributed by atoms with Crippen molar-refractivity contribution in [2.75, 3.05) is 4.90 Å². The number of aromatic amines is 1. The Labute approximate surface area is 235 Å². The molecular formula is C34H36FN3O2. The van der Waals surface area contributed by atoms with Crippen LogP contribution in [0.15, 0.2) is 91.0 Å². The van der Waals surface area contributed by atoms with E-state index in [1.807, 2.05) is 60.7 Å². The van der Waals surface area contributed by atoms with Gasteiger partial charge >= 0.3 is 0 Å². The SMILES string of the molecule is CC(C)c1ccc(N(C(=O)c2ccc(-c3ccccc3)[nH]2)C(C(=O)NC2CCCCC2)c2ccc(F)cc2)cc1. The molecule has 1 aliphatic rings. The maximum atomic E-state index is 14.3. The highest BCUT2D eigenvalue weighted by molar-refractivity contribution is 6.09. The monoisotopic (exact) mass is 537 g/mol. The Morgan fingerprint density at radius 2 is 1.48 bits per heavy atom. The molecule has 40 heavy (non-hydrogen) atoms. The third kappa shape index (κ3) is 6.17. The number of benzene rings is 3. The first-order chi connectivity index (χ1) is 19.4. The van der Waals surface area contributed by atoms with Gasteiger partial charge in [-0.2, -0.15) is 0 Å². The Bertz CT molecular complexity index is 1420. The predicted molar refractivity (Wildman–Crippen MR) is 158 cm³/mol. The Hall–Kier alpha value is -4.19. The van der Waals surface area contributed by atoms with E-state index >= 15 is 0 Å². The fraction of sp³-hybridized carbons (Fsp3) is 0.294. The second-order valence-corrected chi connectivity index (χ2v) is 10.9. The van der Waals surface area contributed by atoms with Crippen LogP contribution in [-0.2, 0) is 4.79 Å². The van der Waals surface area contributed by atoms with E-state index in [0.29, 0.717) is 22.9 Å². The van der Waals surface area contributed by atoms with Crippen molar-refractivity contribution in [3.8, 4) is 11.3 Å². The van der Waals surface area contributed by atoms with Crippen LogP contribution in [0.4, 0.5) is 10.1 Å². The van der Waals surface area contributed by atoms with Gasteiger partial charge in [0.15, 0.2) is 0 Å². The maximum Gasteiger partial charge on any atom is 0.275 e. The zero-order valence-electron chi connectivity index (χ0n) is 23.1. The van der Waals surface area contributed by atoms with Crippen LogP contribution in [0.2, 0.25) is 0 Å². The summed E-state index contributed by atoms with van der Waals surface area (Å²) in [5.74, 6) is -0.689. The number of amides is 2. The standard InChI is InChI=1S/C34H36FN3O2/c1-23(2)24-15-19-29(20-16-24)38(34(40)31-22-21-30(37-31)25-9-5-3-6-10-25)32(26-13-17-27(35)18-14-26)33(39)36-28-11-7-4-8-12-28/h3,5-6,9-10,13-23,28,32,37H,4,7-8,11-12H2,1-2H3,(H,36,39). The smallest absolute Gasteiger partial charge is 0.275 e. The van der Waals surface area contributed by atoms with Gasteiger partial charge < -0.3 is 10.3 Å². The average Bonchev–Trinajstić information content (AvgIpc) is 3.48. The Kier molecular flexibility index (Phi) is 8.44. The van der Waals surface area contributed by atoms with E-state index in [2.05, 4.69) is 24.1 Å². The molecule has 4 aromatic rings. The molecule has 3 aromatic carbocycles. The number of rotatable bonds is 8. The van der Waals surface area contributed by atoms with E-state index in [4.69, 9.17) is 0 Å². The molecule has 0 spiro atoms. The lowest BCUT2D eigenvalue weighted by Gasteiger charge is -2.33. The summed E-state index contributed by atoms with van der Waals surface area (Å²) in [5, 5.41) is 3.21. The van der Waals surface area contributed by atoms with E-state index in [1.165, 1.54) is 17.0 Å². The molecule has 1 saturated carbocycles. The summed E-state index contributed by atoms with van der Waals surface area (Å²) in [4.78, 5) is 33.2. The molecule has 1 aliphatic carbocycles. The number of halogens is 1. The summed E-state index contributed by atoms with van der Waals surface area (Å²) in [5.41, 5.74) is 4.41. The van der Waals surface area contributed by atoms with Crippen LogP contribution in [0.5, 0.6) is 0 Å². The quantitative estimate of drug-likeness (QED) is 0.241. The number of aromatic nitrogens is 1. The largest absolute Gasteiger partial charge is 0.351 e. The van der Waals surface area contributed by atoms with E-state index < -0.39 is 11.9 Å². The predicted octanol–water partition coefficient (Wildman–Crippen LogP) is 7.78. The minimum atomic E-state index is -0.983. The lowest BCUT2D eigenvalue weighted by molar-refractivity contribution is -0.123. The van der Waals surface area contributed by atoms with Gasteiger partial charge in [0.05, 0.1) is 0 Å². The Balaban J connectivity index is 1.58. The summed E-state index contributed by atoms with van der Waals surface area (Å²) >= 11 is 0. The second kappa shape index (κ2) is 12.3. The van der Waals surface area contributed by atoms with E-state index in [0.717, 1.165) is 48.9 Å². The van der Waals surface area contributed by atoms with Gasteiger partial charge in [-0.1, -0.05) is 87.7 Å². The zero-order chi connectivity index (χ0) is 28.1. The van der Waals surface area contributed by atoms with E-state index in [1.54, 1.807) is 18.2 Å². The van der Waals surface area contributed by atoms with Crippen molar-refractivity contribution < 1.29 is 14.0 Å². The topological polar surface area (TPSA) is 65.2 Å². The van der Waals surface area contributed by atoms with Crippen LogP contribution in [0.1, 0.15) is 79.5 Å². The first-order valence-corrected chi connectivity index (χ1v) is 14.1. The zero-order valence-corrected chi connectivity index (χ0v) is 23.1. The minimum absolute atomic E-state index is 0.0552. The summed E-state index contributed by atoms with van der Waals surface area (Å²) in [6, 6.07) is 26.1. The van der Waals surface area contributed by atoms with Crippen LogP contribution < -0.4 is 10.2 Å². The first kappa shape index (κ1) is 27.4. The molecule has 0 saturated heterocycles. The highest BCUT2D eigenvalue weighted by Gasteiger charge is 2.35. The summed E-state index contributed by atoms with van der Waals surface area (Å²) in [7, 11) is 0. The number of hydrogen-bond donors (Lipinski definition) is 2. The van der Waals surface area contributed by atoms with Gasteiger partial charge in [0.25, 0.3) is 5.91 Å². The molecule has 5 nitrogen and oxygen atoms in total. The molecule has 0 aliphatic heterocycles. The van der Waals surface area contributed by atoms with Crippen LogP contribution in [0.3, 0.4) is 0 Å². The van der Waals surface area contributed by atoms with Crippen LogP contribution in [0.25, 0.3) is 11.3 Å². The second-order valence-electron chi connectivity index (χ2n) is 10.9. The third-order valence-corrected chi connectivity index (χ3v) is 7.70. The average molecular weight is 538 g/mol. The normalized spacial score (nSPS) is 14.6. The molecule has 1 heterocycles. The highest BCUT2D eigenvalue weighted by atomic mass is 19.1. The fourth-order valence-corrected chi connectivity index (χ4v) is 5.43. The van der Waals surface area contributed by atoms with Gasteiger partial charge in [0.2, 0.25) is 5.91 Å². The number of H-pyrrole nitrogens is 1. The molecular weight excluding hydrogens is 501 g/mol. The van der Waals surface area contributed by atoms with Crippen LogP contribution in [0, 0.1) is 5.82 Å². The Morgan fingerprint density at radius 3 is 2.12 bits per heavy atom. The van der Waals surface area contributed by atoms with Crippen molar-refractivity contribution in [1.82, 2.24) is 10.3 Å². The minimum Gasteiger partial charge on any atom is -0.351 e. The van der Waals surface area contributed by atoms with Crippen molar-refractivity contribution in [1.29, 1.82) is 0 Å². The van der Waals surface area contributed by atoms with Gasteiger partial charge in [0.1, 0.15) is 17.6 Å². The molecule has 1 aromatic heterocycles. The van der Waals surface area contributed by atoms with Gasteiger partial charge in [-0.15, -0.1) is 0 Å². The van der Waals surface area contributed by atoms with Crippen LogP contribution >= 0.6 is 0 Å². The third-order valence-electron chi connectivity index (χ3n) is 7.70. The number of carbonyl (C=O) groups excluding carboxylic acids is 2. The van der Waals surface area contributed by atoms with Gasteiger partial charge in [0, 0.05) is 17.4 Å². The molecule has 2 N–H and O–H groups in total. The Morgan fingerprint density at radius 1 is 0.825 bits per heavy atom. The molecule has 2 amide bonds. The number of carbonyl (C=O) groups is 2.